The molecule has 0 bridgehead atoms. The van der Waals surface area contributed by atoms with Crippen LogP contribution in [-0.2, 0) is 5.11 Å². The number of benzene rings is 1. The fourth-order valence-corrected chi connectivity index (χ4v) is 2.47. The lowest BCUT2D eigenvalue weighted by Crippen LogP contribution is -2.22. The summed E-state index contributed by atoms with van der Waals surface area (Å²) in [6, 6.07) is 5.09. The van der Waals surface area contributed by atoms with Crippen molar-refractivity contribution in [2.75, 3.05) is 24.6 Å². The SMILES string of the molecule is CCCCC(C[O])C(=O)c1ccc(N(CC)CC)cc1O. The summed E-state index contributed by atoms with van der Waals surface area (Å²) in [7, 11) is 0. The summed E-state index contributed by atoms with van der Waals surface area (Å²) < 4.78 is 0. The zero-order chi connectivity index (χ0) is 15.8. The second kappa shape index (κ2) is 8.67. The zero-order valence-electron chi connectivity index (χ0n) is 13.3. The molecule has 1 atom stereocenters. The molecule has 1 radical (unpaired) electrons. The molecule has 1 unspecified atom stereocenters. The number of anilines is 1. The van der Waals surface area contributed by atoms with Gasteiger partial charge in [0, 0.05) is 30.8 Å². The van der Waals surface area contributed by atoms with E-state index in [0.29, 0.717) is 6.42 Å². The smallest absolute Gasteiger partial charge is 0.172 e. The Balaban J connectivity index is 2.95. The van der Waals surface area contributed by atoms with E-state index in [1.807, 2.05) is 26.8 Å². The Kier molecular flexibility index (Phi) is 7.23. The number of carbonyl (C=O) groups excluding carboxylic acids is 1. The summed E-state index contributed by atoms with van der Waals surface area (Å²) in [5.74, 6) is -0.795. The highest BCUT2D eigenvalue weighted by Gasteiger charge is 2.22. The van der Waals surface area contributed by atoms with Crippen molar-refractivity contribution in [3.05, 3.63) is 23.8 Å². The number of hydrogen-bond acceptors (Lipinski definition) is 3. The standard InChI is InChI=1S/C17H26NO3/c1-4-7-8-13(12-19)17(21)15-10-9-14(11-16(15)20)18(5-2)6-3/h9-11,13,20H,4-8,12H2,1-3H3. The molecule has 0 heterocycles. The third-order valence-corrected chi connectivity index (χ3v) is 3.85. The molecule has 4 heteroatoms. The minimum Gasteiger partial charge on any atom is -0.507 e. The minimum atomic E-state index is -0.532. The monoisotopic (exact) mass is 292 g/mol. The fraction of sp³-hybridized carbons (Fsp3) is 0.588. The highest BCUT2D eigenvalue weighted by atomic mass is 16.3. The summed E-state index contributed by atoms with van der Waals surface area (Å²) in [4.78, 5) is 14.4. The summed E-state index contributed by atoms with van der Waals surface area (Å²) in [6.45, 7) is 7.36. The molecule has 1 rings (SSSR count). The van der Waals surface area contributed by atoms with Crippen LogP contribution in [0.2, 0.25) is 0 Å². The van der Waals surface area contributed by atoms with E-state index in [2.05, 4.69) is 4.90 Å². The largest absolute Gasteiger partial charge is 0.507 e. The van der Waals surface area contributed by atoms with Crippen molar-refractivity contribution in [3.63, 3.8) is 0 Å². The van der Waals surface area contributed by atoms with Gasteiger partial charge in [0.1, 0.15) is 5.75 Å². The molecule has 0 fully saturated rings. The van der Waals surface area contributed by atoms with E-state index < -0.39 is 12.5 Å². The Morgan fingerprint density at radius 1 is 1.24 bits per heavy atom. The molecule has 0 amide bonds. The average Bonchev–Trinajstić information content (AvgIpc) is 2.49. The van der Waals surface area contributed by atoms with Crippen LogP contribution in [-0.4, -0.2) is 30.6 Å². The Bertz CT molecular complexity index is 455. The summed E-state index contributed by atoms with van der Waals surface area (Å²) >= 11 is 0. The van der Waals surface area contributed by atoms with Gasteiger partial charge in [0.15, 0.2) is 5.78 Å². The minimum absolute atomic E-state index is 0.0284. The molecular formula is C17H26NO3. The van der Waals surface area contributed by atoms with Crippen molar-refractivity contribution in [3.8, 4) is 5.75 Å². The molecule has 0 aromatic heterocycles. The molecule has 1 aromatic carbocycles. The number of phenols is 1. The number of Topliss-reactive ketones (excluding diaryl/α,β-unsaturated/α-hetero) is 1. The first kappa shape index (κ1) is 17.5. The summed E-state index contributed by atoms with van der Waals surface area (Å²) in [5, 5.41) is 21.3. The number of unbranched alkanes of at least 4 members (excludes halogenated alkanes) is 1. The summed E-state index contributed by atoms with van der Waals surface area (Å²) in [6.07, 6.45) is 2.41. The Morgan fingerprint density at radius 3 is 2.38 bits per heavy atom. The van der Waals surface area contributed by atoms with Gasteiger partial charge in [-0.25, -0.2) is 5.11 Å². The number of hydrogen-bond donors (Lipinski definition) is 1. The third-order valence-electron chi connectivity index (χ3n) is 3.85. The van der Waals surface area contributed by atoms with E-state index in [4.69, 9.17) is 0 Å². The van der Waals surface area contributed by atoms with Crippen LogP contribution >= 0.6 is 0 Å². The number of rotatable bonds is 9. The Labute approximate surface area is 127 Å². The number of nitrogens with zero attached hydrogens (tertiary/aromatic N) is 1. The van der Waals surface area contributed by atoms with Crippen LogP contribution in [0.3, 0.4) is 0 Å². The van der Waals surface area contributed by atoms with Crippen LogP contribution in [0.1, 0.15) is 50.4 Å². The van der Waals surface area contributed by atoms with Gasteiger partial charge in [-0.1, -0.05) is 19.8 Å². The maximum atomic E-state index is 12.3. The van der Waals surface area contributed by atoms with Crippen molar-refractivity contribution in [1.82, 2.24) is 0 Å². The predicted octanol–water partition coefficient (Wildman–Crippen LogP) is 3.66. The van der Waals surface area contributed by atoms with Crippen LogP contribution in [0.4, 0.5) is 5.69 Å². The van der Waals surface area contributed by atoms with Gasteiger partial charge in [0.05, 0.1) is 12.2 Å². The van der Waals surface area contributed by atoms with Gasteiger partial charge in [-0.3, -0.25) is 4.79 Å². The quantitative estimate of drug-likeness (QED) is 0.707. The number of carbonyl (C=O) groups is 1. The van der Waals surface area contributed by atoms with Gasteiger partial charge in [-0.15, -0.1) is 0 Å². The first-order chi connectivity index (χ1) is 10.1. The van der Waals surface area contributed by atoms with Crippen molar-refractivity contribution in [1.29, 1.82) is 0 Å². The first-order valence-corrected chi connectivity index (χ1v) is 7.79. The van der Waals surface area contributed by atoms with Crippen molar-refractivity contribution in [2.45, 2.75) is 40.0 Å². The van der Waals surface area contributed by atoms with E-state index in [-0.39, 0.29) is 17.1 Å². The number of phenolic OH excluding ortho intramolecular Hbond substituents is 1. The highest BCUT2D eigenvalue weighted by Crippen LogP contribution is 2.27. The second-order valence-corrected chi connectivity index (χ2v) is 5.24. The van der Waals surface area contributed by atoms with Gasteiger partial charge in [-0.05, 0) is 32.4 Å². The Morgan fingerprint density at radius 2 is 1.90 bits per heavy atom. The van der Waals surface area contributed by atoms with E-state index in [0.717, 1.165) is 31.6 Å². The van der Waals surface area contributed by atoms with Crippen LogP contribution in [0, 0.1) is 5.92 Å². The topological polar surface area (TPSA) is 60.4 Å². The number of aromatic hydroxyl groups is 1. The molecule has 1 aromatic rings. The molecule has 21 heavy (non-hydrogen) atoms. The lowest BCUT2D eigenvalue weighted by molar-refractivity contribution is 0.0768. The molecule has 0 aliphatic carbocycles. The maximum absolute atomic E-state index is 12.3. The van der Waals surface area contributed by atoms with Crippen molar-refractivity contribution in [2.24, 2.45) is 5.92 Å². The average molecular weight is 292 g/mol. The zero-order valence-corrected chi connectivity index (χ0v) is 13.3. The van der Waals surface area contributed by atoms with Gasteiger partial charge in [0.2, 0.25) is 0 Å². The predicted molar refractivity (Wildman–Crippen MR) is 84.6 cm³/mol. The van der Waals surface area contributed by atoms with Gasteiger partial charge >= 0.3 is 0 Å². The lowest BCUT2D eigenvalue weighted by Gasteiger charge is -2.22. The Hall–Kier alpha value is -1.55. The van der Waals surface area contributed by atoms with E-state index in [9.17, 15) is 15.0 Å². The normalized spacial score (nSPS) is 12.2. The molecule has 0 spiro atoms. The van der Waals surface area contributed by atoms with Crippen LogP contribution in [0.5, 0.6) is 5.75 Å². The molecule has 4 nitrogen and oxygen atoms in total. The second-order valence-electron chi connectivity index (χ2n) is 5.24. The fourth-order valence-electron chi connectivity index (χ4n) is 2.47. The van der Waals surface area contributed by atoms with E-state index >= 15 is 0 Å². The van der Waals surface area contributed by atoms with Crippen LogP contribution < -0.4 is 4.90 Å². The maximum Gasteiger partial charge on any atom is 0.172 e. The van der Waals surface area contributed by atoms with E-state index in [1.165, 1.54) is 0 Å². The van der Waals surface area contributed by atoms with Crippen molar-refractivity contribution < 1.29 is 15.0 Å². The van der Waals surface area contributed by atoms with Crippen LogP contribution in [0.25, 0.3) is 0 Å². The molecule has 1 N–H and O–H groups in total. The molecule has 0 saturated heterocycles. The lowest BCUT2D eigenvalue weighted by atomic mass is 9.92. The molecule has 117 valence electrons. The van der Waals surface area contributed by atoms with Crippen molar-refractivity contribution >= 4 is 11.5 Å². The summed E-state index contributed by atoms with van der Waals surface area (Å²) in [5.41, 5.74) is 1.16. The molecular weight excluding hydrogens is 266 g/mol. The molecule has 0 saturated carbocycles. The first-order valence-electron chi connectivity index (χ1n) is 7.79. The number of ketones is 1. The van der Waals surface area contributed by atoms with Crippen LogP contribution in [0.15, 0.2) is 18.2 Å². The molecule has 0 aliphatic heterocycles. The van der Waals surface area contributed by atoms with E-state index in [1.54, 1.807) is 12.1 Å². The van der Waals surface area contributed by atoms with Gasteiger partial charge in [-0.2, -0.15) is 0 Å². The highest BCUT2D eigenvalue weighted by molar-refractivity contribution is 6.00. The van der Waals surface area contributed by atoms with Gasteiger partial charge in [0.25, 0.3) is 0 Å². The third kappa shape index (κ3) is 4.46. The molecule has 0 aliphatic rings. The van der Waals surface area contributed by atoms with Gasteiger partial charge < -0.3 is 10.0 Å².